The molecule has 11 heavy (non-hydrogen) atoms. The third kappa shape index (κ3) is 1.60. The minimum absolute atomic E-state index is 0.242. The lowest BCUT2D eigenvalue weighted by molar-refractivity contribution is 0.431. The average Bonchev–Trinajstić information content (AvgIpc) is 2.77. The molecule has 1 saturated carbocycles. The van der Waals surface area contributed by atoms with E-state index < -0.39 is 0 Å². The smallest absolute Gasteiger partial charge is 0.0195 e. The SMILES string of the molecule is CC[C@]1(N)CP[C@H](C2CC2)C1. The maximum atomic E-state index is 6.22. The predicted octanol–water partition coefficient (Wildman–Crippen LogP) is 1.95. The van der Waals surface area contributed by atoms with Crippen molar-refractivity contribution in [2.24, 2.45) is 11.7 Å². The van der Waals surface area contributed by atoms with Crippen molar-refractivity contribution in [2.45, 2.75) is 43.8 Å². The van der Waals surface area contributed by atoms with Crippen LogP contribution in [0.5, 0.6) is 0 Å². The minimum atomic E-state index is 0.242. The van der Waals surface area contributed by atoms with Gasteiger partial charge in [0.2, 0.25) is 0 Å². The number of nitrogens with two attached hydrogens (primary N) is 1. The Morgan fingerprint density at radius 3 is 2.73 bits per heavy atom. The molecular formula is C9H18NP. The lowest BCUT2D eigenvalue weighted by Gasteiger charge is -2.21. The topological polar surface area (TPSA) is 26.0 Å². The summed E-state index contributed by atoms with van der Waals surface area (Å²) >= 11 is 0. The molecule has 0 bridgehead atoms. The fourth-order valence-corrected chi connectivity index (χ4v) is 4.30. The van der Waals surface area contributed by atoms with Crippen LogP contribution in [0.2, 0.25) is 0 Å². The van der Waals surface area contributed by atoms with Crippen molar-refractivity contribution in [2.75, 3.05) is 6.16 Å². The van der Waals surface area contributed by atoms with Crippen LogP contribution in [0, 0.1) is 5.92 Å². The first-order valence-electron chi connectivity index (χ1n) is 4.76. The summed E-state index contributed by atoms with van der Waals surface area (Å²) in [5.41, 5.74) is 7.49. The van der Waals surface area contributed by atoms with E-state index in [1.807, 2.05) is 0 Å². The van der Waals surface area contributed by atoms with E-state index in [4.69, 9.17) is 5.73 Å². The summed E-state index contributed by atoms with van der Waals surface area (Å²) in [7, 11) is 1.18. The first kappa shape index (κ1) is 8.01. The van der Waals surface area contributed by atoms with Gasteiger partial charge in [-0.05, 0) is 43.4 Å². The van der Waals surface area contributed by atoms with Crippen LogP contribution in [0.1, 0.15) is 32.6 Å². The van der Waals surface area contributed by atoms with E-state index in [1.165, 1.54) is 40.4 Å². The van der Waals surface area contributed by atoms with Crippen molar-refractivity contribution in [3.63, 3.8) is 0 Å². The Hall–Kier alpha value is 0.390. The number of rotatable bonds is 2. The first-order valence-corrected chi connectivity index (χ1v) is 6.04. The van der Waals surface area contributed by atoms with Crippen molar-refractivity contribution in [1.29, 1.82) is 0 Å². The largest absolute Gasteiger partial charge is 0.325 e. The molecule has 0 amide bonds. The van der Waals surface area contributed by atoms with Crippen LogP contribution in [0.25, 0.3) is 0 Å². The Kier molecular flexibility index (Phi) is 1.97. The van der Waals surface area contributed by atoms with Gasteiger partial charge in [-0.25, -0.2) is 0 Å². The van der Waals surface area contributed by atoms with Gasteiger partial charge in [0.05, 0.1) is 0 Å². The quantitative estimate of drug-likeness (QED) is 0.631. The second kappa shape index (κ2) is 2.71. The molecule has 1 unspecified atom stereocenters. The fourth-order valence-electron chi connectivity index (χ4n) is 2.02. The van der Waals surface area contributed by atoms with Crippen molar-refractivity contribution in [3.8, 4) is 0 Å². The summed E-state index contributed by atoms with van der Waals surface area (Å²) in [6, 6.07) is 0. The molecule has 0 spiro atoms. The van der Waals surface area contributed by atoms with Crippen LogP contribution < -0.4 is 5.73 Å². The van der Waals surface area contributed by atoms with Gasteiger partial charge in [0.1, 0.15) is 0 Å². The van der Waals surface area contributed by atoms with Crippen molar-refractivity contribution < 1.29 is 0 Å². The van der Waals surface area contributed by atoms with Gasteiger partial charge < -0.3 is 5.73 Å². The van der Waals surface area contributed by atoms with E-state index in [2.05, 4.69) is 6.92 Å². The third-order valence-corrected chi connectivity index (χ3v) is 5.35. The number of hydrogen-bond donors (Lipinski definition) is 1. The molecule has 64 valence electrons. The normalized spacial score (nSPS) is 46.9. The Bertz CT molecular complexity index is 156. The molecule has 2 N–H and O–H groups in total. The van der Waals surface area contributed by atoms with Crippen molar-refractivity contribution in [1.82, 2.24) is 0 Å². The summed E-state index contributed by atoms with van der Waals surface area (Å²) in [5, 5.41) is 0. The van der Waals surface area contributed by atoms with Gasteiger partial charge in [-0.1, -0.05) is 6.92 Å². The maximum Gasteiger partial charge on any atom is 0.0195 e. The van der Waals surface area contributed by atoms with Gasteiger partial charge in [0, 0.05) is 5.54 Å². The van der Waals surface area contributed by atoms with Crippen LogP contribution in [0.4, 0.5) is 0 Å². The summed E-state index contributed by atoms with van der Waals surface area (Å²) < 4.78 is 0. The van der Waals surface area contributed by atoms with E-state index >= 15 is 0 Å². The van der Waals surface area contributed by atoms with Crippen LogP contribution in [-0.4, -0.2) is 17.4 Å². The van der Waals surface area contributed by atoms with Gasteiger partial charge in [0.25, 0.3) is 0 Å². The van der Waals surface area contributed by atoms with Gasteiger partial charge >= 0.3 is 0 Å². The Balaban J connectivity index is 1.91. The molecule has 1 heterocycles. The van der Waals surface area contributed by atoms with Gasteiger partial charge in [-0.15, -0.1) is 8.58 Å². The van der Waals surface area contributed by atoms with E-state index in [1.54, 1.807) is 0 Å². The summed E-state index contributed by atoms with van der Waals surface area (Å²) in [6.07, 6.45) is 6.81. The highest BCUT2D eigenvalue weighted by atomic mass is 31.1. The molecule has 1 saturated heterocycles. The lowest BCUT2D eigenvalue weighted by Crippen LogP contribution is -2.39. The molecule has 2 fully saturated rings. The lowest BCUT2D eigenvalue weighted by atomic mass is 9.93. The van der Waals surface area contributed by atoms with Crippen molar-refractivity contribution >= 4 is 8.58 Å². The minimum Gasteiger partial charge on any atom is -0.325 e. The van der Waals surface area contributed by atoms with E-state index in [-0.39, 0.29) is 5.54 Å². The second-order valence-corrected chi connectivity index (χ2v) is 5.75. The van der Waals surface area contributed by atoms with Crippen molar-refractivity contribution in [3.05, 3.63) is 0 Å². The van der Waals surface area contributed by atoms with Gasteiger partial charge in [0.15, 0.2) is 0 Å². The molecular weight excluding hydrogens is 153 g/mol. The molecule has 2 rings (SSSR count). The highest BCUT2D eigenvalue weighted by molar-refractivity contribution is 7.39. The summed E-state index contributed by atoms with van der Waals surface area (Å²) in [4.78, 5) is 0. The zero-order valence-electron chi connectivity index (χ0n) is 7.27. The van der Waals surface area contributed by atoms with Crippen LogP contribution in [-0.2, 0) is 0 Å². The summed E-state index contributed by atoms with van der Waals surface area (Å²) in [5.74, 6) is 1.09. The van der Waals surface area contributed by atoms with Gasteiger partial charge in [-0.3, -0.25) is 0 Å². The van der Waals surface area contributed by atoms with Crippen LogP contribution in [0.15, 0.2) is 0 Å². The van der Waals surface area contributed by atoms with E-state index in [0.29, 0.717) is 0 Å². The molecule has 0 aromatic rings. The molecule has 1 aliphatic heterocycles. The molecule has 2 heteroatoms. The standard InChI is InChI=1S/C9H18NP/c1-2-9(10)5-8(11-6-9)7-3-4-7/h7-8,11H,2-6,10H2,1H3/t8-,9+/m0/s1. The highest BCUT2D eigenvalue weighted by Gasteiger charge is 2.41. The number of hydrogen-bond acceptors (Lipinski definition) is 1. The van der Waals surface area contributed by atoms with Gasteiger partial charge in [-0.2, -0.15) is 0 Å². The zero-order valence-corrected chi connectivity index (χ0v) is 8.27. The molecule has 0 aromatic heterocycles. The Morgan fingerprint density at radius 2 is 2.27 bits per heavy atom. The monoisotopic (exact) mass is 171 g/mol. The molecule has 3 atom stereocenters. The fraction of sp³-hybridized carbons (Fsp3) is 1.00. The third-order valence-electron chi connectivity index (χ3n) is 3.24. The molecule has 0 radical (unpaired) electrons. The Labute approximate surface area is 70.9 Å². The second-order valence-electron chi connectivity index (χ2n) is 4.24. The summed E-state index contributed by atoms with van der Waals surface area (Å²) in [6.45, 7) is 2.24. The average molecular weight is 171 g/mol. The molecule has 1 nitrogen and oxygen atoms in total. The maximum absolute atomic E-state index is 6.22. The highest BCUT2D eigenvalue weighted by Crippen LogP contribution is 2.51. The zero-order chi connectivity index (χ0) is 7.90. The molecule has 1 aliphatic carbocycles. The first-order chi connectivity index (χ1) is 5.23. The molecule has 2 aliphatic rings. The van der Waals surface area contributed by atoms with Crippen LogP contribution >= 0.6 is 8.58 Å². The van der Waals surface area contributed by atoms with Crippen LogP contribution in [0.3, 0.4) is 0 Å². The van der Waals surface area contributed by atoms with E-state index in [0.717, 1.165) is 11.6 Å². The predicted molar refractivity (Wildman–Crippen MR) is 51.5 cm³/mol. The van der Waals surface area contributed by atoms with E-state index in [9.17, 15) is 0 Å². The molecule has 0 aromatic carbocycles. The Morgan fingerprint density at radius 1 is 1.55 bits per heavy atom.